The molecule has 164 valence electrons. The molecule has 0 unspecified atom stereocenters. The van der Waals surface area contributed by atoms with Crippen LogP contribution in [-0.4, -0.2) is 33.9 Å². The molecule has 5 rings (SSSR count). The Kier molecular flexibility index (Phi) is 5.09. The molecule has 1 amide bonds. The van der Waals surface area contributed by atoms with Crippen LogP contribution in [0.1, 0.15) is 28.8 Å². The minimum Gasteiger partial charge on any atom is -0.372 e. The monoisotopic (exact) mass is 457 g/mol. The molecule has 4 aromatic rings. The Balaban J connectivity index is 1.57. The fourth-order valence-electron chi connectivity index (χ4n) is 3.94. The molecule has 3 heterocycles. The first kappa shape index (κ1) is 20.5. The van der Waals surface area contributed by atoms with Crippen molar-refractivity contribution in [2.45, 2.75) is 19.0 Å². The highest BCUT2D eigenvalue weighted by molar-refractivity contribution is 7.13. The maximum absolute atomic E-state index is 13.9. The van der Waals surface area contributed by atoms with Crippen LogP contribution in [0.5, 0.6) is 0 Å². The van der Waals surface area contributed by atoms with E-state index in [1.54, 1.807) is 35.8 Å². The molecule has 0 atom stereocenters. The van der Waals surface area contributed by atoms with Gasteiger partial charge in [0.25, 0.3) is 5.91 Å². The van der Waals surface area contributed by atoms with Crippen molar-refractivity contribution in [2.24, 2.45) is 0 Å². The molecule has 2 aromatic heterocycles. The summed E-state index contributed by atoms with van der Waals surface area (Å²) in [7, 11) is 0. The molecule has 0 bridgehead atoms. The fraction of sp³-hybridized carbons (Fsp3) is 0.227. The number of para-hydroxylation sites is 1. The lowest BCUT2D eigenvalue weighted by Gasteiger charge is -2.20. The molecule has 0 aliphatic carbocycles. The molecule has 2 aromatic carbocycles. The number of halogens is 3. The second kappa shape index (κ2) is 7.94. The number of nitrogens with zero attached hydrogens (tertiary/aromatic N) is 3. The van der Waals surface area contributed by atoms with E-state index in [1.165, 1.54) is 23.5 Å². The van der Waals surface area contributed by atoms with E-state index in [9.17, 15) is 18.0 Å². The molecule has 32 heavy (non-hydrogen) atoms. The lowest BCUT2D eigenvalue weighted by Crippen LogP contribution is -2.19. The van der Waals surface area contributed by atoms with Gasteiger partial charge >= 0.3 is 6.18 Å². The second-order valence-corrected chi connectivity index (χ2v) is 8.39. The van der Waals surface area contributed by atoms with E-state index < -0.39 is 17.6 Å². The fourth-order valence-corrected chi connectivity index (χ4v) is 4.46. The van der Waals surface area contributed by atoms with Crippen molar-refractivity contribution in [3.8, 4) is 11.4 Å². The number of alkyl halides is 3. The largest absolute Gasteiger partial charge is 0.417 e. The summed E-state index contributed by atoms with van der Waals surface area (Å²) in [5.41, 5.74) is 0.773. The van der Waals surface area contributed by atoms with Gasteiger partial charge < -0.3 is 9.88 Å². The summed E-state index contributed by atoms with van der Waals surface area (Å²) in [4.78, 5) is 26.0. The quantitative estimate of drug-likeness (QED) is 0.421. The molecular weight excluding hydrogens is 439 g/mol. The van der Waals surface area contributed by atoms with E-state index in [2.05, 4.69) is 20.3 Å². The van der Waals surface area contributed by atoms with Gasteiger partial charge in [-0.2, -0.15) is 13.2 Å². The average molecular weight is 457 g/mol. The van der Waals surface area contributed by atoms with Gasteiger partial charge in [-0.15, -0.1) is 11.3 Å². The van der Waals surface area contributed by atoms with Crippen molar-refractivity contribution >= 4 is 39.1 Å². The molecule has 6 nitrogen and oxygen atoms in total. The smallest absolute Gasteiger partial charge is 0.372 e. The van der Waals surface area contributed by atoms with Crippen molar-refractivity contribution in [1.82, 2.24) is 15.0 Å². The summed E-state index contributed by atoms with van der Waals surface area (Å²) in [6.07, 6.45) is -1.04. The predicted molar refractivity (Wildman–Crippen MR) is 118 cm³/mol. The van der Waals surface area contributed by atoms with Crippen LogP contribution >= 0.6 is 11.3 Å². The van der Waals surface area contributed by atoms with Gasteiger partial charge in [0.1, 0.15) is 11.3 Å². The number of rotatable bonds is 4. The van der Waals surface area contributed by atoms with Crippen LogP contribution < -0.4 is 10.2 Å². The number of carbonyl (C=O) groups excluding carboxylic acids is 1. The minimum atomic E-state index is -4.55. The number of amides is 1. The maximum atomic E-state index is 13.9. The molecule has 1 fully saturated rings. The van der Waals surface area contributed by atoms with Crippen LogP contribution in [0, 0.1) is 0 Å². The van der Waals surface area contributed by atoms with Gasteiger partial charge in [0.2, 0.25) is 0 Å². The van der Waals surface area contributed by atoms with Gasteiger partial charge in [0.05, 0.1) is 16.6 Å². The Morgan fingerprint density at radius 3 is 2.69 bits per heavy atom. The zero-order valence-electron chi connectivity index (χ0n) is 16.7. The molecule has 10 heteroatoms. The lowest BCUT2D eigenvalue weighted by atomic mass is 10.0. The van der Waals surface area contributed by atoms with Gasteiger partial charge in [-0.3, -0.25) is 10.1 Å². The second-order valence-electron chi connectivity index (χ2n) is 7.50. The van der Waals surface area contributed by atoms with Crippen LogP contribution in [0.4, 0.5) is 24.0 Å². The Morgan fingerprint density at radius 2 is 1.97 bits per heavy atom. The zero-order valence-corrected chi connectivity index (χ0v) is 17.6. The predicted octanol–water partition coefficient (Wildman–Crippen LogP) is 5.56. The molecule has 2 N–H and O–H groups in total. The van der Waals surface area contributed by atoms with Crippen LogP contribution in [0.15, 0.2) is 48.0 Å². The third kappa shape index (κ3) is 3.81. The van der Waals surface area contributed by atoms with Crippen molar-refractivity contribution in [3.05, 3.63) is 59.1 Å². The van der Waals surface area contributed by atoms with Crippen LogP contribution in [0.25, 0.3) is 22.4 Å². The number of aromatic amines is 1. The number of benzene rings is 2. The summed E-state index contributed by atoms with van der Waals surface area (Å²) < 4.78 is 41.8. The number of anilines is 2. The molecule has 0 radical (unpaired) electrons. The Hall–Kier alpha value is -3.40. The topological polar surface area (TPSA) is 73.9 Å². The van der Waals surface area contributed by atoms with E-state index in [1.807, 2.05) is 4.90 Å². The van der Waals surface area contributed by atoms with E-state index in [4.69, 9.17) is 0 Å². The summed E-state index contributed by atoms with van der Waals surface area (Å²) in [5, 5.41) is 4.84. The molecule has 1 aliphatic rings. The third-order valence-electron chi connectivity index (χ3n) is 5.44. The van der Waals surface area contributed by atoms with Gasteiger partial charge in [-0.25, -0.2) is 9.97 Å². The van der Waals surface area contributed by atoms with Crippen molar-refractivity contribution in [3.63, 3.8) is 0 Å². The molecule has 1 aliphatic heterocycles. The highest BCUT2D eigenvalue weighted by Gasteiger charge is 2.35. The highest BCUT2D eigenvalue weighted by atomic mass is 32.1. The minimum absolute atomic E-state index is 0.0528. The van der Waals surface area contributed by atoms with Crippen LogP contribution in [0.3, 0.4) is 0 Å². The molecule has 1 saturated heterocycles. The summed E-state index contributed by atoms with van der Waals surface area (Å²) in [5.74, 6) is -0.362. The van der Waals surface area contributed by atoms with E-state index >= 15 is 0 Å². The summed E-state index contributed by atoms with van der Waals surface area (Å²) >= 11 is 1.27. The first-order valence-electron chi connectivity index (χ1n) is 10.1. The molecular formula is C22H18F3N5OS. The van der Waals surface area contributed by atoms with E-state index in [0.29, 0.717) is 21.9 Å². The number of nitrogens with one attached hydrogen (secondary N) is 2. The number of imidazole rings is 1. The van der Waals surface area contributed by atoms with Crippen LogP contribution in [0.2, 0.25) is 0 Å². The number of thiazole rings is 1. The highest BCUT2D eigenvalue weighted by Crippen LogP contribution is 2.39. The Bertz CT molecular complexity index is 1280. The molecule has 0 saturated carbocycles. The molecule has 0 spiro atoms. The zero-order chi connectivity index (χ0) is 22.3. The SMILES string of the molecule is O=C(Nc1nccs1)c1cccc2[nH]c(-c3ccc(N4CCCC4)cc3C(F)(F)F)nc12. The van der Waals surface area contributed by atoms with Gasteiger partial charge in [-0.05, 0) is 43.2 Å². The van der Waals surface area contributed by atoms with Crippen molar-refractivity contribution in [1.29, 1.82) is 0 Å². The van der Waals surface area contributed by atoms with E-state index in [0.717, 1.165) is 25.9 Å². The summed E-state index contributed by atoms with van der Waals surface area (Å²) in [6.45, 7) is 1.50. The first-order valence-corrected chi connectivity index (χ1v) is 10.9. The lowest BCUT2D eigenvalue weighted by molar-refractivity contribution is -0.137. The summed E-state index contributed by atoms with van der Waals surface area (Å²) in [6, 6.07) is 9.24. The number of hydrogen-bond acceptors (Lipinski definition) is 5. The Labute approximate surface area is 185 Å². The normalized spacial score (nSPS) is 14.3. The third-order valence-corrected chi connectivity index (χ3v) is 6.13. The number of hydrogen-bond donors (Lipinski definition) is 2. The first-order chi connectivity index (χ1) is 15.4. The maximum Gasteiger partial charge on any atom is 0.417 e. The van der Waals surface area contributed by atoms with E-state index in [-0.39, 0.29) is 17.0 Å². The average Bonchev–Trinajstić information content (AvgIpc) is 3.53. The van der Waals surface area contributed by atoms with Crippen molar-refractivity contribution < 1.29 is 18.0 Å². The van der Waals surface area contributed by atoms with Gasteiger partial charge in [0.15, 0.2) is 5.13 Å². The number of H-pyrrole nitrogens is 1. The standard InChI is InChI=1S/C22H18F3N5OS/c23-22(24,25)16-12-13(30-9-1-2-10-30)6-7-14(16)19-27-17-5-3-4-15(18(17)28-19)20(31)29-21-26-8-11-32-21/h3-8,11-12H,1-2,9-10H2,(H,27,28)(H,26,29,31). The Morgan fingerprint density at radius 1 is 1.16 bits per heavy atom. The number of carbonyl (C=O) groups is 1. The van der Waals surface area contributed by atoms with Gasteiger partial charge in [-0.1, -0.05) is 6.07 Å². The number of fused-ring (bicyclic) bond motifs is 1. The number of aromatic nitrogens is 3. The van der Waals surface area contributed by atoms with Gasteiger partial charge in [0, 0.05) is 35.9 Å². The van der Waals surface area contributed by atoms with Crippen molar-refractivity contribution in [2.75, 3.05) is 23.3 Å². The van der Waals surface area contributed by atoms with Crippen LogP contribution in [-0.2, 0) is 6.18 Å².